The van der Waals surface area contributed by atoms with Crippen molar-refractivity contribution >= 4 is 23.1 Å². The molecule has 0 aromatic heterocycles. The number of amides is 1. The minimum atomic E-state index is -0.781. The average molecular weight is 470 g/mol. The SMILES string of the molecule is COc1c(C)cc(C)cc1/C(O)=C1\C(=O)C(=O)N(c2ccccc2)C1c1ccc(C(C)(C)C)cc1. The second-order valence-electron chi connectivity index (χ2n) is 10.0. The monoisotopic (exact) mass is 469 g/mol. The highest BCUT2D eigenvalue weighted by Gasteiger charge is 2.47. The molecule has 3 aromatic rings. The number of para-hydroxylation sites is 1. The Hall–Kier alpha value is -3.86. The van der Waals surface area contributed by atoms with Gasteiger partial charge in [-0.3, -0.25) is 14.5 Å². The summed E-state index contributed by atoms with van der Waals surface area (Å²) < 4.78 is 5.58. The molecule has 1 amide bonds. The summed E-state index contributed by atoms with van der Waals surface area (Å²) in [6, 6.07) is 19.9. The summed E-state index contributed by atoms with van der Waals surface area (Å²) in [7, 11) is 1.53. The lowest BCUT2D eigenvalue weighted by Crippen LogP contribution is -2.29. The number of aryl methyl sites for hydroxylation is 2. The Bertz CT molecular complexity index is 1310. The van der Waals surface area contributed by atoms with Gasteiger partial charge in [-0.2, -0.15) is 0 Å². The summed E-state index contributed by atoms with van der Waals surface area (Å²) in [4.78, 5) is 28.3. The van der Waals surface area contributed by atoms with Crippen molar-refractivity contribution < 1.29 is 19.4 Å². The van der Waals surface area contributed by atoms with Gasteiger partial charge in [0, 0.05) is 5.69 Å². The van der Waals surface area contributed by atoms with Crippen LogP contribution in [-0.4, -0.2) is 23.9 Å². The maximum absolute atomic E-state index is 13.4. The lowest BCUT2D eigenvalue weighted by Gasteiger charge is -2.26. The number of ketones is 1. The maximum atomic E-state index is 13.4. The molecule has 5 heteroatoms. The first-order valence-electron chi connectivity index (χ1n) is 11.7. The minimum absolute atomic E-state index is 0.0469. The van der Waals surface area contributed by atoms with E-state index in [-0.39, 0.29) is 16.7 Å². The zero-order valence-corrected chi connectivity index (χ0v) is 21.0. The summed E-state index contributed by atoms with van der Waals surface area (Å²) in [5.74, 6) is -1.17. The molecule has 1 unspecified atom stereocenters. The quantitative estimate of drug-likeness (QED) is 0.279. The first-order valence-corrected chi connectivity index (χ1v) is 11.7. The molecule has 1 aliphatic rings. The number of Topliss-reactive ketones (excluding diaryl/α,β-unsaturated/α-hetero) is 1. The van der Waals surface area contributed by atoms with E-state index >= 15 is 0 Å². The Morgan fingerprint density at radius 2 is 1.57 bits per heavy atom. The van der Waals surface area contributed by atoms with Crippen LogP contribution in [0.5, 0.6) is 5.75 Å². The summed E-state index contributed by atoms with van der Waals surface area (Å²) >= 11 is 0. The van der Waals surface area contributed by atoms with Crippen LogP contribution in [0.15, 0.2) is 72.3 Å². The number of anilines is 1. The number of nitrogens with zero attached hydrogens (tertiary/aromatic N) is 1. The third-order valence-corrected chi connectivity index (χ3v) is 6.45. The zero-order valence-electron chi connectivity index (χ0n) is 21.0. The normalized spacial score (nSPS) is 17.7. The fourth-order valence-corrected chi connectivity index (χ4v) is 4.71. The largest absolute Gasteiger partial charge is 0.507 e. The van der Waals surface area contributed by atoms with Crippen molar-refractivity contribution in [2.24, 2.45) is 0 Å². The Morgan fingerprint density at radius 3 is 2.14 bits per heavy atom. The number of carbonyl (C=O) groups is 2. The predicted molar refractivity (Wildman–Crippen MR) is 139 cm³/mol. The first-order chi connectivity index (χ1) is 16.5. The number of aliphatic hydroxyl groups is 1. The summed E-state index contributed by atoms with van der Waals surface area (Å²) in [6.07, 6.45) is 0. The lowest BCUT2D eigenvalue weighted by atomic mass is 9.85. The molecule has 3 aromatic carbocycles. The lowest BCUT2D eigenvalue weighted by molar-refractivity contribution is -0.132. The van der Waals surface area contributed by atoms with E-state index < -0.39 is 17.7 Å². The highest BCUT2D eigenvalue weighted by atomic mass is 16.5. The molecule has 1 atom stereocenters. The van der Waals surface area contributed by atoms with Crippen LogP contribution in [0.2, 0.25) is 0 Å². The molecule has 1 N–H and O–H groups in total. The van der Waals surface area contributed by atoms with Gasteiger partial charge in [-0.1, -0.05) is 69.3 Å². The van der Waals surface area contributed by atoms with Gasteiger partial charge in [0.05, 0.1) is 24.3 Å². The second kappa shape index (κ2) is 9.06. The summed E-state index contributed by atoms with van der Waals surface area (Å²) in [6.45, 7) is 10.2. The fraction of sp³-hybridized carbons (Fsp3) is 0.267. The number of methoxy groups -OCH3 is 1. The molecule has 1 aliphatic heterocycles. The molecule has 0 aliphatic carbocycles. The second-order valence-corrected chi connectivity index (χ2v) is 10.0. The number of rotatable bonds is 4. The zero-order chi connectivity index (χ0) is 25.5. The number of carbonyl (C=O) groups excluding carboxylic acids is 2. The van der Waals surface area contributed by atoms with Crippen molar-refractivity contribution in [3.05, 3.63) is 100 Å². The van der Waals surface area contributed by atoms with Crippen molar-refractivity contribution in [1.29, 1.82) is 0 Å². The summed E-state index contributed by atoms with van der Waals surface area (Å²) in [5.41, 5.74) is 4.60. The standard InChI is InChI=1S/C30H31NO4/c1-18-16-19(2)28(35-6)23(17-18)26(32)24-25(20-12-14-21(15-13-20)30(3,4)5)31(29(34)27(24)33)22-10-8-7-9-11-22/h7-17,25,32H,1-6H3/b26-24+. The van der Waals surface area contributed by atoms with E-state index in [1.807, 2.05) is 62.4 Å². The fourth-order valence-electron chi connectivity index (χ4n) is 4.71. The molecule has 0 spiro atoms. The van der Waals surface area contributed by atoms with Crippen LogP contribution in [0.25, 0.3) is 5.76 Å². The highest BCUT2D eigenvalue weighted by Crippen LogP contribution is 2.44. The highest BCUT2D eigenvalue weighted by molar-refractivity contribution is 6.51. The Labute approximate surface area is 206 Å². The van der Waals surface area contributed by atoms with E-state index in [4.69, 9.17) is 4.74 Å². The van der Waals surface area contributed by atoms with Gasteiger partial charge >= 0.3 is 0 Å². The van der Waals surface area contributed by atoms with Crippen LogP contribution < -0.4 is 9.64 Å². The van der Waals surface area contributed by atoms with Gasteiger partial charge in [0.1, 0.15) is 11.5 Å². The van der Waals surface area contributed by atoms with Crippen molar-refractivity contribution in [2.75, 3.05) is 12.0 Å². The van der Waals surface area contributed by atoms with Crippen LogP contribution in [0.1, 0.15) is 54.6 Å². The van der Waals surface area contributed by atoms with Crippen molar-refractivity contribution in [3.63, 3.8) is 0 Å². The molecule has 1 heterocycles. The van der Waals surface area contributed by atoms with Gasteiger partial charge in [-0.05, 0) is 59.7 Å². The van der Waals surface area contributed by atoms with Gasteiger partial charge < -0.3 is 9.84 Å². The van der Waals surface area contributed by atoms with E-state index in [2.05, 4.69) is 20.8 Å². The molecule has 0 saturated carbocycles. The maximum Gasteiger partial charge on any atom is 0.300 e. The molecule has 5 nitrogen and oxygen atoms in total. The van der Waals surface area contributed by atoms with Gasteiger partial charge in [0.25, 0.3) is 11.7 Å². The van der Waals surface area contributed by atoms with Gasteiger partial charge in [0.2, 0.25) is 0 Å². The van der Waals surface area contributed by atoms with E-state index in [9.17, 15) is 14.7 Å². The van der Waals surface area contributed by atoms with E-state index in [1.165, 1.54) is 12.0 Å². The number of aliphatic hydroxyl groups excluding tert-OH is 1. The van der Waals surface area contributed by atoms with Gasteiger partial charge in [-0.25, -0.2) is 0 Å². The van der Waals surface area contributed by atoms with Gasteiger partial charge in [0.15, 0.2) is 0 Å². The molecule has 0 bridgehead atoms. The number of hydrogen-bond acceptors (Lipinski definition) is 4. The molecule has 180 valence electrons. The Kier molecular flexibility index (Phi) is 6.28. The molecule has 0 radical (unpaired) electrons. The molecule has 1 fully saturated rings. The molecule has 4 rings (SSSR count). The molecular weight excluding hydrogens is 438 g/mol. The Morgan fingerprint density at radius 1 is 0.943 bits per heavy atom. The van der Waals surface area contributed by atoms with Crippen molar-refractivity contribution in [2.45, 2.75) is 46.1 Å². The van der Waals surface area contributed by atoms with Crippen molar-refractivity contribution in [1.82, 2.24) is 0 Å². The number of ether oxygens (including phenoxy) is 1. The van der Waals surface area contributed by atoms with E-state index in [0.717, 1.165) is 22.3 Å². The van der Waals surface area contributed by atoms with Crippen LogP contribution in [0.3, 0.4) is 0 Å². The van der Waals surface area contributed by atoms with E-state index in [0.29, 0.717) is 17.0 Å². The third-order valence-electron chi connectivity index (χ3n) is 6.45. The topological polar surface area (TPSA) is 66.8 Å². The first kappa shape index (κ1) is 24.3. The predicted octanol–water partition coefficient (Wildman–Crippen LogP) is 6.24. The molecule has 1 saturated heterocycles. The van der Waals surface area contributed by atoms with Gasteiger partial charge in [-0.15, -0.1) is 0 Å². The van der Waals surface area contributed by atoms with Crippen LogP contribution in [0.4, 0.5) is 5.69 Å². The smallest absolute Gasteiger partial charge is 0.300 e. The number of benzene rings is 3. The van der Waals surface area contributed by atoms with Crippen LogP contribution >= 0.6 is 0 Å². The van der Waals surface area contributed by atoms with Crippen LogP contribution in [-0.2, 0) is 15.0 Å². The van der Waals surface area contributed by atoms with E-state index in [1.54, 1.807) is 18.2 Å². The average Bonchev–Trinajstić information content (AvgIpc) is 3.08. The molecular formula is C30H31NO4. The third kappa shape index (κ3) is 4.34. The molecule has 35 heavy (non-hydrogen) atoms. The number of hydrogen-bond donors (Lipinski definition) is 1. The Balaban J connectivity index is 1.98. The van der Waals surface area contributed by atoms with Crippen molar-refractivity contribution in [3.8, 4) is 5.75 Å². The minimum Gasteiger partial charge on any atom is -0.507 e. The summed E-state index contributed by atoms with van der Waals surface area (Å²) in [5, 5.41) is 11.5. The van der Waals surface area contributed by atoms with Crippen LogP contribution in [0, 0.1) is 13.8 Å².